The number of anilines is 1. The van der Waals surface area contributed by atoms with Gasteiger partial charge < -0.3 is 10.1 Å². The number of hydrogen-bond donors (Lipinski definition) is 1. The summed E-state index contributed by atoms with van der Waals surface area (Å²) in [6, 6.07) is 30.5. The van der Waals surface area contributed by atoms with Crippen LogP contribution >= 0.6 is 0 Å². The number of ether oxygens (including phenoxy) is 1. The van der Waals surface area contributed by atoms with Crippen LogP contribution in [-0.2, 0) is 13.0 Å². The molecule has 0 unspecified atom stereocenters. The highest BCUT2D eigenvalue weighted by Gasteiger charge is 2.43. The number of fused-ring (bicyclic) bond motifs is 5. The molecule has 4 aromatic rings. The van der Waals surface area contributed by atoms with E-state index in [1.54, 1.807) is 12.1 Å². The number of nitro benzene ring substituents is 1. The molecular formula is C30H26N2O3. The van der Waals surface area contributed by atoms with Crippen LogP contribution < -0.4 is 10.1 Å². The molecule has 35 heavy (non-hydrogen) atoms. The summed E-state index contributed by atoms with van der Waals surface area (Å²) in [6.45, 7) is 2.61. The van der Waals surface area contributed by atoms with Crippen LogP contribution in [-0.4, -0.2) is 4.92 Å². The molecule has 1 aliphatic heterocycles. The maximum atomic E-state index is 11.5. The van der Waals surface area contributed by atoms with Gasteiger partial charge in [0.15, 0.2) is 0 Å². The van der Waals surface area contributed by atoms with E-state index in [0.717, 1.165) is 29.0 Å². The van der Waals surface area contributed by atoms with Crippen LogP contribution in [0.4, 0.5) is 11.4 Å². The van der Waals surface area contributed by atoms with E-state index >= 15 is 0 Å². The standard InChI is InChI=1S/C30H26N2O3/c1-19-6-8-20(9-7-19)18-35-24-13-10-21(11-14-24)30-27-16-22-4-2-3-5-25(22)29(27)26-17-23(32(33)34)12-15-28(26)31-30/h2-15,17,27,29-31H,16,18H2,1H3/t27-,29+,30-/m0/s1. The quantitative estimate of drug-likeness (QED) is 0.257. The number of hydrogen-bond acceptors (Lipinski definition) is 4. The Morgan fingerprint density at radius 3 is 2.49 bits per heavy atom. The van der Waals surface area contributed by atoms with Gasteiger partial charge in [-0.1, -0.05) is 66.2 Å². The van der Waals surface area contributed by atoms with Crippen molar-refractivity contribution >= 4 is 11.4 Å². The molecule has 0 bridgehead atoms. The lowest BCUT2D eigenvalue weighted by Crippen LogP contribution is -2.30. The smallest absolute Gasteiger partial charge is 0.269 e. The maximum absolute atomic E-state index is 11.5. The lowest BCUT2D eigenvalue weighted by atomic mass is 9.75. The van der Waals surface area contributed by atoms with Gasteiger partial charge in [0.1, 0.15) is 12.4 Å². The van der Waals surface area contributed by atoms with E-state index in [9.17, 15) is 10.1 Å². The molecule has 0 fully saturated rings. The normalized spacial score (nSPS) is 19.7. The van der Waals surface area contributed by atoms with Crippen molar-refractivity contribution in [3.05, 3.63) is 134 Å². The molecule has 1 aliphatic carbocycles. The Kier molecular flexibility index (Phi) is 5.25. The molecule has 0 amide bonds. The van der Waals surface area contributed by atoms with Crippen LogP contribution in [0.1, 0.15) is 45.3 Å². The third-order valence-electron chi connectivity index (χ3n) is 7.36. The van der Waals surface area contributed by atoms with Gasteiger partial charge >= 0.3 is 0 Å². The van der Waals surface area contributed by atoms with Crippen LogP contribution in [0.25, 0.3) is 0 Å². The van der Waals surface area contributed by atoms with Gasteiger partial charge in [-0.3, -0.25) is 10.1 Å². The minimum Gasteiger partial charge on any atom is -0.489 e. The average Bonchev–Trinajstić information content (AvgIpc) is 3.28. The fourth-order valence-corrected chi connectivity index (χ4v) is 5.61. The van der Waals surface area contributed by atoms with Gasteiger partial charge in [-0.05, 0) is 65.3 Å². The Morgan fingerprint density at radius 2 is 1.71 bits per heavy atom. The molecule has 0 saturated carbocycles. The Morgan fingerprint density at radius 1 is 0.943 bits per heavy atom. The molecule has 4 aromatic carbocycles. The summed E-state index contributed by atoms with van der Waals surface area (Å²) in [6.07, 6.45) is 0.937. The summed E-state index contributed by atoms with van der Waals surface area (Å²) in [4.78, 5) is 11.2. The number of aryl methyl sites for hydroxylation is 1. The lowest BCUT2D eigenvalue weighted by Gasteiger charge is -2.38. The monoisotopic (exact) mass is 462 g/mol. The highest BCUT2D eigenvalue weighted by atomic mass is 16.6. The van der Waals surface area contributed by atoms with Crippen LogP contribution in [0.15, 0.2) is 91.0 Å². The number of nitrogens with zero attached hydrogens (tertiary/aromatic N) is 1. The van der Waals surface area contributed by atoms with E-state index < -0.39 is 0 Å². The second-order valence-corrected chi connectivity index (χ2v) is 9.54. The number of benzene rings is 4. The maximum Gasteiger partial charge on any atom is 0.269 e. The third-order valence-corrected chi connectivity index (χ3v) is 7.36. The minimum atomic E-state index is -0.308. The Bertz CT molecular complexity index is 1400. The number of nitro groups is 1. The minimum absolute atomic E-state index is 0.104. The highest BCUT2D eigenvalue weighted by molar-refractivity contribution is 5.65. The van der Waals surface area contributed by atoms with Crippen molar-refractivity contribution in [1.29, 1.82) is 0 Å². The molecule has 0 aromatic heterocycles. The van der Waals surface area contributed by atoms with Gasteiger partial charge in [0.05, 0.1) is 11.0 Å². The first kappa shape index (κ1) is 21.4. The van der Waals surface area contributed by atoms with Gasteiger partial charge in [-0.25, -0.2) is 0 Å². The summed E-state index contributed by atoms with van der Waals surface area (Å²) in [7, 11) is 0. The lowest BCUT2D eigenvalue weighted by molar-refractivity contribution is -0.384. The summed E-state index contributed by atoms with van der Waals surface area (Å²) in [5, 5.41) is 15.2. The van der Waals surface area contributed by atoms with Crippen molar-refractivity contribution in [2.24, 2.45) is 5.92 Å². The van der Waals surface area contributed by atoms with Crippen LogP contribution in [0, 0.1) is 23.0 Å². The summed E-state index contributed by atoms with van der Waals surface area (Å²) < 4.78 is 6.02. The predicted molar refractivity (Wildman–Crippen MR) is 137 cm³/mol. The number of nitrogens with one attached hydrogen (secondary N) is 1. The van der Waals surface area contributed by atoms with E-state index in [-0.39, 0.29) is 28.5 Å². The van der Waals surface area contributed by atoms with Crippen molar-refractivity contribution in [3.8, 4) is 5.75 Å². The summed E-state index contributed by atoms with van der Waals surface area (Å²) >= 11 is 0. The van der Waals surface area contributed by atoms with E-state index in [1.165, 1.54) is 22.3 Å². The molecule has 5 nitrogen and oxygen atoms in total. The van der Waals surface area contributed by atoms with Crippen molar-refractivity contribution in [1.82, 2.24) is 0 Å². The first-order chi connectivity index (χ1) is 17.1. The van der Waals surface area contributed by atoms with E-state index in [4.69, 9.17) is 4.74 Å². The molecule has 6 rings (SSSR count). The highest BCUT2D eigenvalue weighted by Crippen LogP contribution is 2.54. The molecular weight excluding hydrogens is 436 g/mol. The van der Waals surface area contributed by atoms with Gasteiger partial charge in [0, 0.05) is 23.7 Å². The first-order valence-electron chi connectivity index (χ1n) is 12.0. The van der Waals surface area contributed by atoms with E-state index in [2.05, 4.69) is 72.9 Å². The number of non-ortho nitro benzene ring substituents is 1. The summed E-state index contributed by atoms with van der Waals surface area (Å²) in [5.74, 6) is 1.25. The van der Waals surface area contributed by atoms with Crippen molar-refractivity contribution in [2.75, 3.05) is 5.32 Å². The zero-order valence-corrected chi connectivity index (χ0v) is 19.5. The molecule has 2 aliphatic rings. The molecule has 3 atom stereocenters. The van der Waals surface area contributed by atoms with Crippen LogP contribution in [0.3, 0.4) is 0 Å². The van der Waals surface area contributed by atoms with E-state index in [0.29, 0.717) is 6.61 Å². The molecule has 1 heterocycles. The average molecular weight is 463 g/mol. The fraction of sp³-hybridized carbons (Fsp3) is 0.200. The molecule has 0 spiro atoms. The second kappa shape index (κ2) is 8.58. The first-order valence-corrected chi connectivity index (χ1v) is 12.0. The molecule has 0 radical (unpaired) electrons. The zero-order valence-electron chi connectivity index (χ0n) is 19.5. The van der Waals surface area contributed by atoms with Gasteiger partial charge in [-0.15, -0.1) is 0 Å². The van der Waals surface area contributed by atoms with Gasteiger partial charge in [0.25, 0.3) is 5.69 Å². The Labute approximate surface area is 204 Å². The van der Waals surface area contributed by atoms with Gasteiger partial charge in [-0.2, -0.15) is 0 Å². The van der Waals surface area contributed by atoms with Crippen molar-refractivity contribution < 1.29 is 9.66 Å². The number of rotatable bonds is 5. The van der Waals surface area contributed by atoms with Gasteiger partial charge in [0.2, 0.25) is 0 Å². The van der Waals surface area contributed by atoms with Crippen molar-refractivity contribution in [3.63, 3.8) is 0 Å². The summed E-state index contributed by atoms with van der Waals surface area (Å²) in [5.41, 5.74) is 8.31. The Balaban J connectivity index is 1.29. The molecule has 0 saturated heterocycles. The van der Waals surface area contributed by atoms with Crippen molar-refractivity contribution in [2.45, 2.75) is 31.9 Å². The zero-order chi connectivity index (χ0) is 23.9. The van der Waals surface area contributed by atoms with Crippen LogP contribution in [0.5, 0.6) is 5.75 Å². The predicted octanol–water partition coefficient (Wildman–Crippen LogP) is 6.95. The van der Waals surface area contributed by atoms with Crippen LogP contribution in [0.2, 0.25) is 0 Å². The third kappa shape index (κ3) is 3.93. The fourth-order valence-electron chi connectivity index (χ4n) is 5.61. The Hall–Kier alpha value is -4.12. The molecule has 174 valence electrons. The topological polar surface area (TPSA) is 64.4 Å². The molecule has 1 N–H and O–H groups in total. The largest absolute Gasteiger partial charge is 0.489 e. The second-order valence-electron chi connectivity index (χ2n) is 9.54. The van der Waals surface area contributed by atoms with E-state index in [1.807, 2.05) is 18.2 Å². The molecule has 5 heteroatoms. The SMILES string of the molecule is Cc1ccc(COc2ccc([C@@H]3Nc4ccc([N+](=O)[O-])cc4[C@H]4c5ccccc5C[C@@H]43)cc2)cc1.